The number of amides is 1. The Morgan fingerprint density at radius 1 is 1.33 bits per heavy atom. The number of carbonyl (C=O) groups excluding carboxylic acids is 1. The number of hydrogen-bond acceptors (Lipinski definition) is 3. The highest BCUT2D eigenvalue weighted by atomic mass is 16.2. The maximum Gasteiger partial charge on any atom is 0.274 e. The number of hydrogen-bond donors (Lipinski definition) is 1. The lowest BCUT2D eigenvalue weighted by molar-refractivity contribution is 0.0666. The van der Waals surface area contributed by atoms with E-state index in [0.717, 1.165) is 56.5 Å². The van der Waals surface area contributed by atoms with Crippen LogP contribution in [0.5, 0.6) is 0 Å². The molecule has 6 heteroatoms. The maximum atomic E-state index is 12.7. The van der Waals surface area contributed by atoms with Crippen LogP contribution in [0.15, 0.2) is 18.5 Å². The number of H-pyrrole nitrogens is 1. The number of aromatic amines is 1. The van der Waals surface area contributed by atoms with Crippen LogP contribution >= 0.6 is 0 Å². The summed E-state index contributed by atoms with van der Waals surface area (Å²) < 4.78 is 1.97. The lowest BCUT2D eigenvalue weighted by Gasteiger charge is -2.32. The van der Waals surface area contributed by atoms with E-state index in [0.29, 0.717) is 5.69 Å². The summed E-state index contributed by atoms with van der Waals surface area (Å²) in [4.78, 5) is 14.7. The molecule has 0 saturated carbocycles. The Morgan fingerprint density at radius 2 is 2.29 bits per heavy atom. The highest BCUT2D eigenvalue weighted by Gasteiger charge is 2.30. The molecule has 0 radical (unpaired) electrons. The number of nitrogens with one attached hydrogen (secondary N) is 1. The molecule has 1 amide bonds. The van der Waals surface area contributed by atoms with Crippen molar-refractivity contribution in [1.82, 2.24) is 24.9 Å². The average Bonchev–Trinajstić information content (AvgIpc) is 3.23. The third-order valence-electron chi connectivity index (χ3n) is 4.59. The number of rotatable bonds is 2. The third kappa shape index (κ3) is 2.14. The van der Waals surface area contributed by atoms with Gasteiger partial charge in [0.1, 0.15) is 0 Å². The maximum absolute atomic E-state index is 12.7. The molecule has 0 aromatic carbocycles. The molecular weight excluding hydrogens is 266 g/mol. The molecule has 1 N–H and O–H groups in total. The Hall–Kier alpha value is -2.11. The Bertz CT molecular complexity index is 645. The van der Waals surface area contributed by atoms with Crippen LogP contribution < -0.4 is 0 Å². The lowest BCUT2D eigenvalue weighted by Crippen LogP contribution is -2.41. The topological polar surface area (TPSA) is 66.8 Å². The van der Waals surface area contributed by atoms with E-state index in [2.05, 4.69) is 15.3 Å². The number of piperidine rings is 1. The van der Waals surface area contributed by atoms with Gasteiger partial charge in [0.2, 0.25) is 0 Å². The fourth-order valence-corrected chi connectivity index (χ4v) is 3.50. The fourth-order valence-electron chi connectivity index (χ4n) is 3.50. The van der Waals surface area contributed by atoms with Crippen molar-refractivity contribution in [2.24, 2.45) is 0 Å². The van der Waals surface area contributed by atoms with Gasteiger partial charge in [-0.05, 0) is 38.2 Å². The van der Waals surface area contributed by atoms with Crippen molar-refractivity contribution in [3.05, 3.63) is 35.4 Å². The van der Waals surface area contributed by atoms with Crippen LogP contribution in [0.4, 0.5) is 0 Å². The Morgan fingerprint density at radius 3 is 3.14 bits per heavy atom. The molecule has 0 spiro atoms. The van der Waals surface area contributed by atoms with Crippen molar-refractivity contribution in [2.45, 2.75) is 38.1 Å². The van der Waals surface area contributed by atoms with Crippen molar-refractivity contribution in [1.29, 1.82) is 0 Å². The molecule has 0 bridgehead atoms. The highest BCUT2D eigenvalue weighted by Crippen LogP contribution is 2.26. The van der Waals surface area contributed by atoms with Crippen molar-refractivity contribution in [3.63, 3.8) is 0 Å². The zero-order valence-corrected chi connectivity index (χ0v) is 12.0. The molecular formula is C15H19N5O. The van der Waals surface area contributed by atoms with Crippen LogP contribution in [-0.4, -0.2) is 43.9 Å². The summed E-state index contributed by atoms with van der Waals surface area (Å²) >= 11 is 0. The van der Waals surface area contributed by atoms with Gasteiger partial charge >= 0.3 is 0 Å². The number of likely N-dealkylation sites (tertiary alicyclic amines) is 1. The summed E-state index contributed by atoms with van der Waals surface area (Å²) in [6.45, 7) is 1.54. The molecule has 1 saturated heterocycles. The Labute approximate surface area is 123 Å². The van der Waals surface area contributed by atoms with Crippen LogP contribution in [0.25, 0.3) is 0 Å². The van der Waals surface area contributed by atoms with Gasteiger partial charge in [0, 0.05) is 36.7 Å². The summed E-state index contributed by atoms with van der Waals surface area (Å²) in [5, 5.41) is 11.6. The molecule has 1 aliphatic heterocycles. The highest BCUT2D eigenvalue weighted by molar-refractivity contribution is 5.94. The zero-order chi connectivity index (χ0) is 14.2. The van der Waals surface area contributed by atoms with E-state index in [-0.39, 0.29) is 11.9 Å². The van der Waals surface area contributed by atoms with Crippen LogP contribution in [0, 0.1) is 0 Å². The third-order valence-corrected chi connectivity index (χ3v) is 4.59. The minimum Gasteiger partial charge on any atom is -0.335 e. The molecule has 2 aliphatic rings. The molecule has 4 rings (SSSR count). The van der Waals surface area contributed by atoms with Crippen molar-refractivity contribution in [3.8, 4) is 0 Å². The standard InChI is InChI=1S/C15H19N5O/c21-15(14-12-5-1-6-13(12)17-18-14)19-8-2-4-11(10-19)20-9-3-7-16-20/h3,7,9,11H,1-2,4-6,8,10H2,(H,17,18)/t11-/m1/s1. The van der Waals surface area contributed by atoms with Gasteiger partial charge in [-0.25, -0.2) is 0 Å². The second-order valence-corrected chi connectivity index (χ2v) is 5.92. The monoisotopic (exact) mass is 285 g/mol. The van der Waals surface area contributed by atoms with E-state index in [1.165, 1.54) is 0 Å². The molecule has 21 heavy (non-hydrogen) atoms. The van der Waals surface area contributed by atoms with Crippen LogP contribution in [0.3, 0.4) is 0 Å². The van der Waals surface area contributed by atoms with E-state index < -0.39 is 0 Å². The quantitative estimate of drug-likeness (QED) is 0.911. The number of aryl methyl sites for hydroxylation is 1. The molecule has 2 aromatic heterocycles. The minimum absolute atomic E-state index is 0.0752. The van der Waals surface area contributed by atoms with Gasteiger partial charge in [0.05, 0.1) is 6.04 Å². The molecule has 110 valence electrons. The van der Waals surface area contributed by atoms with Crippen LogP contribution in [-0.2, 0) is 12.8 Å². The van der Waals surface area contributed by atoms with Gasteiger partial charge in [-0.15, -0.1) is 0 Å². The Balaban J connectivity index is 1.54. The van der Waals surface area contributed by atoms with Gasteiger partial charge in [-0.2, -0.15) is 10.2 Å². The van der Waals surface area contributed by atoms with Gasteiger partial charge in [-0.3, -0.25) is 14.6 Å². The molecule has 1 aliphatic carbocycles. The van der Waals surface area contributed by atoms with Gasteiger partial charge in [0.25, 0.3) is 5.91 Å². The lowest BCUT2D eigenvalue weighted by atomic mass is 10.0. The first-order chi connectivity index (χ1) is 10.3. The Kier molecular flexibility index (Phi) is 3.02. The summed E-state index contributed by atoms with van der Waals surface area (Å²) in [6.07, 6.45) is 8.98. The fraction of sp³-hybridized carbons (Fsp3) is 0.533. The van der Waals surface area contributed by atoms with Crippen LogP contribution in [0.2, 0.25) is 0 Å². The first-order valence-electron chi connectivity index (χ1n) is 7.67. The first-order valence-corrected chi connectivity index (χ1v) is 7.67. The summed E-state index contributed by atoms with van der Waals surface area (Å²) in [5.41, 5.74) is 2.93. The first kappa shape index (κ1) is 12.6. The summed E-state index contributed by atoms with van der Waals surface area (Å²) in [7, 11) is 0. The predicted molar refractivity (Wildman–Crippen MR) is 77.0 cm³/mol. The number of aromatic nitrogens is 4. The van der Waals surface area contributed by atoms with Crippen molar-refractivity contribution >= 4 is 5.91 Å². The molecule has 2 aromatic rings. The van der Waals surface area contributed by atoms with E-state index in [4.69, 9.17) is 0 Å². The molecule has 0 unspecified atom stereocenters. The van der Waals surface area contributed by atoms with E-state index in [1.807, 2.05) is 21.8 Å². The van der Waals surface area contributed by atoms with Gasteiger partial charge in [0.15, 0.2) is 5.69 Å². The van der Waals surface area contributed by atoms with E-state index in [9.17, 15) is 4.79 Å². The van der Waals surface area contributed by atoms with Gasteiger partial charge < -0.3 is 4.90 Å². The molecule has 3 heterocycles. The molecule has 1 atom stereocenters. The van der Waals surface area contributed by atoms with E-state index >= 15 is 0 Å². The van der Waals surface area contributed by atoms with Crippen LogP contribution in [0.1, 0.15) is 47.1 Å². The predicted octanol–water partition coefficient (Wildman–Crippen LogP) is 1.57. The van der Waals surface area contributed by atoms with Crippen molar-refractivity contribution in [2.75, 3.05) is 13.1 Å². The molecule has 6 nitrogen and oxygen atoms in total. The SMILES string of the molecule is O=C(c1n[nH]c2c1CCC2)N1CCC[C@@H](n2cccn2)C1. The van der Waals surface area contributed by atoms with Crippen molar-refractivity contribution < 1.29 is 4.79 Å². The average molecular weight is 285 g/mol. The minimum atomic E-state index is 0.0752. The second kappa shape index (κ2) is 5.02. The van der Waals surface area contributed by atoms with Gasteiger partial charge in [-0.1, -0.05) is 0 Å². The summed E-state index contributed by atoms with van der Waals surface area (Å²) in [6, 6.07) is 2.21. The second-order valence-electron chi connectivity index (χ2n) is 5.92. The van der Waals surface area contributed by atoms with E-state index in [1.54, 1.807) is 6.20 Å². The normalized spacial score (nSPS) is 21.5. The smallest absolute Gasteiger partial charge is 0.274 e. The number of fused-ring (bicyclic) bond motifs is 1. The molecule has 1 fully saturated rings. The zero-order valence-electron chi connectivity index (χ0n) is 12.0. The number of nitrogens with zero attached hydrogens (tertiary/aromatic N) is 4. The number of carbonyl (C=O) groups is 1. The summed E-state index contributed by atoms with van der Waals surface area (Å²) in [5.74, 6) is 0.0752. The largest absolute Gasteiger partial charge is 0.335 e.